The maximum atomic E-state index is 13.4. The van der Waals surface area contributed by atoms with Gasteiger partial charge in [0.25, 0.3) is 5.91 Å². The molecule has 0 spiro atoms. The van der Waals surface area contributed by atoms with Crippen molar-refractivity contribution >= 4 is 34.2 Å². The summed E-state index contributed by atoms with van der Waals surface area (Å²) >= 11 is 7.82. The second-order valence-corrected chi connectivity index (χ2v) is 9.21. The van der Waals surface area contributed by atoms with Crippen LogP contribution in [0, 0.1) is 0 Å². The van der Waals surface area contributed by atoms with Crippen molar-refractivity contribution < 1.29 is 4.79 Å². The maximum absolute atomic E-state index is 13.4. The highest BCUT2D eigenvalue weighted by atomic mass is 35.5. The molecule has 3 N–H and O–H groups in total. The molecule has 8 heteroatoms. The lowest BCUT2D eigenvalue weighted by molar-refractivity contribution is -0.119. The van der Waals surface area contributed by atoms with Gasteiger partial charge < -0.3 is 20.5 Å². The molecule has 1 aromatic heterocycles. The molecule has 1 unspecified atom stereocenters. The number of hydrogen-bond donors (Lipinski definition) is 3. The zero-order valence-electron chi connectivity index (χ0n) is 16.6. The topological polar surface area (TPSA) is 73.0 Å². The lowest BCUT2D eigenvalue weighted by Gasteiger charge is -2.38. The van der Waals surface area contributed by atoms with Gasteiger partial charge in [-0.15, -0.1) is 0 Å². The molecule has 29 heavy (non-hydrogen) atoms. The molecular formula is C21H26ClN5OS. The minimum absolute atomic E-state index is 0.0146. The molecule has 3 heterocycles. The number of rotatable bonds is 5. The van der Waals surface area contributed by atoms with Crippen LogP contribution >= 0.6 is 23.4 Å². The standard InChI is InChI=1S/C21H26ClN5OS/c1-13(2)26-20(28)18-19(14-3-5-15(22)6-4-14)29-21(17-11-24-12-25-17)27(18)16-7-9-23-10-8-16/h3-6,11-13,16,21,23H,7-10H2,1-2H3,(H,24,25)(H,26,28). The molecule has 1 fully saturated rings. The number of halogens is 1. The van der Waals surface area contributed by atoms with Gasteiger partial charge in [-0.1, -0.05) is 35.5 Å². The molecule has 1 aromatic carbocycles. The molecule has 4 rings (SSSR count). The summed E-state index contributed by atoms with van der Waals surface area (Å²) in [4.78, 5) is 24.2. The van der Waals surface area contributed by atoms with E-state index in [1.165, 1.54) is 0 Å². The smallest absolute Gasteiger partial charge is 0.269 e. The van der Waals surface area contributed by atoms with E-state index in [0.717, 1.165) is 47.8 Å². The van der Waals surface area contributed by atoms with E-state index in [1.54, 1.807) is 18.1 Å². The van der Waals surface area contributed by atoms with E-state index in [0.29, 0.717) is 5.02 Å². The van der Waals surface area contributed by atoms with E-state index in [-0.39, 0.29) is 23.4 Å². The first-order valence-electron chi connectivity index (χ1n) is 9.99. The number of piperidine rings is 1. The Morgan fingerprint density at radius 3 is 2.62 bits per heavy atom. The van der Waals surface area contributed by atoms with Gasteiger partial charge in [0, 0.05) is 22.0 Å². The molecule has 0 radical (unpaired) electrons. The van der Waals surface area contributed by atoms with Gasteiger partial charge >= 0.3 is 0 Å². The van der Waals surface area contributed by atoms with Gasteiger partial charge in [-0.05, 0) is 57.5 Å². The van der Waals surface area contributed by atoms with Crippen LogP contribution in [0.5, 0.6) is 0 Å². The van der Waals surface area contributed by atoms with Gasteiger partial charge in [0.2, 0.25) is 0 Å². The molecule has 0 bridgehead atoms. The number of thioether (sulfide) groups is 1. The van der Waals surface area contributed by atoms with Crippen molar-refractivity contribution in [3.05, 3.63) is 58.8 Å². The van der Waals surface area contributed by atoms with Crippen molar-refractivity contribution in [2.24, 2.45) is 0 Å². The number of aromatic nitrogens is 2. The number of carbonyl (C=O) groups excluding carboxylic acids is 1. The summed E-state index contributed by atoms with van der Waals surface area (Å²) in [6, 6.07) is 8.08. The van der Waals surface area contributed by atoms with Gasteiger partial charge in [0.1, 0.15) is 11.1 Å². The summed E-state index contributed by atoms with van der Waals surface area (Å²) in [7, 11) is 0. The molecular weight excluding hydrogens is 406 g/mol. The van der Waals surface area contributed by atoms with Gasteiger partial charge in [-0.2, -0.15) is 0 Å². The predicted molar refractivity (Wildman–Crippen MR) is 118 cm³/mol. The van der Waals surface area contributed by atoms with E-state index in [1.807, 2.05) is 44.3 Å². The number of imidazole rings is 1. The third-order valence-corrected chi connectivity index (χ3v) is 6.81. The average Bonchev–Trinajstić information content (AvgIpc) is 3.36. The molecule has 1 amide bonds. The van der Waals surface area contributed by atoms with Gasteiger partial charge in [0.15, 0.2) is 0 Å². The van der Waals surface area contributed by atoms with Crippen LogP contribution in [0.4, 0.5) is 0 Å². The zero-order valence-corrected chi connectivity index (χ0v) is 18.2. The zero-order chi connectivity index (χ0) is 20.4. The number of H-pyrrole nitrogens is 1. The Balaban J connectivity index is 1.81. The Morgan fingerprint density at radius 1 is 1.28 bits per heavy atom. The van der Waals surface area contributed by atoms with Crippen LogP contribution < -0.4 is 10.6 Å². The minimum atomic E-state index is -0.0296. The number of benzene rings is 1. The largest absolute Gasteiger partial charge is 0.349 e. The third kappa shape index (κ3) is 4.32. The lowest BCUT2D eigenvalue weighted by Crippen LogP contribution is -2.46. The van der Waals surface area contributed by atoms with Gasteiger partial charge in [-0.3, -0.25) is 4.79 Å². The monoisotopic (exact) mass is 431 g/mol. The first-order chi connectivity index (χ1) is 14.0. The van der Waals surface area contributed by atoms with E-state index < -0.39 is 0 Å². The highest BCUT2D eigenvalue weighted by Gasteiger charge is 2.42. The van der Waals surface area contributed by atoms with Crippen LogP contribution in [0.1, 0.15) is 43.3 Å². The highest BCUT2D eigenvalue weighted by molar-refractivity contribution is 8.08. The number of nitrogens with one attached hydrogen (secondary N) is 3. The summed E-state index contributed by atoms with van der Waals surface area (Å²) in [6.45, 7) is 5.89. The fourth-order valence-corrected chi connectivity index (χ4v) is 5.47. The second-order valence-electron chi connectivity index (χ2n) is 7.68. The van der Waals surface area contributed by atoms with Crippen molar-refractivity contribution in [3.8, 4) is 0 Å². The fraction of sp³-hybridized carbons (Fsp3) is 0.429. The minimum Gasteiger partial charge on any atom is -0.349 e. The van der Waals surface area contributed by atoms with Gasteiger partial charge in [0.05, 0.1) is 18.2 Å². The Hall–Kier alpha value is -1.96. The van der Waals surface area contributed by atoms with Crippen molar-refractivity contribution in [1.29, 1.82) is 0 Å². The summed E-state index contributed by atoms with van der Waals surface area (Å²) in [5, 5.41) is 7.21. The number of carbonyl (C=O) groups is 1. The molecule has 2 aromatic rings. The average molecular weight is 432 g/mol. The van der Waals surface area contributed by atoms with E-state index >= 15 is 0 Å². The Bertz CT molecular complexity index is 875. The van der Waals surface area contributed by atoms with Crippen LogP contribution in [0.25, 0.3) is 4.91 Å². The van der Waals surface area contributed by atoms with Crippen LogP contribution in [0.3, 0.4) is 0 Å². The highest BCUT2D eigenvalue weighted by Crippen LogP contribution is 2.53. The molecule has 2 aliphatic rings. The number of nitrogens with zero attached hydrogens (tertiary/aromatic N) is 2. The number of aromatic amines is 1. The quantitative estimate of drug-likeness (QED) is 0.672. The first-order valence-corrected chi connectivity index (χ1v) is 11.3. The molecule has 154 valence electrons. The summed E-state index contributed by atoms with van der Waals surface area (Å²) < 4.78 is 0. The van der Waals surface area contributed by atoms with E-state index in [2.05, 4.69) is 25.5 Å². The number of hydrogen-bond acceptors (Lipinski definition) is 5. The lowest BCUT2D eigenvalue weighted by atomic mass is 10.0. The second kappa shape index (κ2) is 8.81. The SMILES string of the molecule is CC(C)NC(=O)C1=C(c2ccc(Cl)cc2)SC(c2cnc[nH]2)N1C1CCNCC1. The Kier molecular flexibility index (Phi) is 6.18. The van der Waals surface area contributed by atoms with Crippen LogP contribution in [-0.2, 0) is 4.79 Å². The van der Waals surface area contributed by atoms with Crippen molar-refractivity contribution in [3.63, 3.8) is 0 Å². The molecule has 0 aliphatic carbocycles. The Labute approximate surface area is 180 Å². The molecule has 6 nitrogen and oxygen atoms in total. The number of amides is 1. The summed E-state index contributed by atoms with van der Waals surface area (Å²) in [6.07, 6.45) is 5.55. The summed E-state index contributed by atoms with van der Waals surface area (Å²) in [5.41, 5.74) is 2.76. The fourth-order valence-electron chi connectivity index (χ4n) is 3.89. The van der Waals surface area contributed by atoms with Crippen LogP contribution in [-0.4, -0.2) is 45.9 Å². The van der Waals surface area contributed by atoms with Crippen LogP contribution in [0.2, 0.25) is 5.02 Å². The molecule has 2 aliphatic heterocycles. The summed E-state index contributed by atoms with van der Waals surface area (Å²) in [5.74, 6) is -0.0296. The molecule has 1 atom stereocenters. The predicted octanol–water partition coefficient (Wildman–Crippen LogP) is 3.76. The third-order valence-electron chi connectivity index (χ3n) is 5.18. The first kappa shape index (κ1) is 20.3. The molecule has 0 saturated carbocycles. The normalized spacial score (nSPS) is 20.6. The van der Waals surface area contributed by atoms with E-state index in [4.69, 9.17) is 11.6 Å². The molecule has 1 saturated heterocycles. The van der Waals surface area contributed by atoms with Gasteiger partial charge in [-0.25, -0.2) is 4.98 Å². The van der Waals surface area contributed by atoms with Crippen molar-refractivity contribution in [1.82, 2.24) is 25.5 Å². The van der Waals surface area contributed by atoms with Crippen LogP contribution in [0.15, 0.2) is 42.5 Å². The van der Waals surface area contributed by atoms with Crippen molar-refractivity contribution in [2.75, 3.05) is 13.1 Å². The van der Waals surface area contributed by atoms with E-state index in [9.17, 15) is 4.79 Å². The van der Waals surface area contributed by atoms with Crippen molar-refractivity contribution in [2.45, 2.75) is 44.1 Å². The Morgan fingerprint density at radius 2 is 2.00 bits per heavy atom. The maximum Gasteiger partial charge on any atom is 0.269 e.